The van der Waals surface area contributed by atoms with Gasteiger partial charge in [-0.15, -0.1) is 0 Å². The number of aliphatic hydroxyl groups is 1. The number of nitrogens with zero attached hydrogens (tertiary/aromatic N) is 2. The average molecular weight is 514 g/mol. The smallest absolute Gasteiger partial charge is 0.349 e. The van der Waals surface area contributed by atoms with Crippen molar-refractivity contribution in [3.63, 3.8) is 0 Å². The molecule has 0 aliphatic carbocycles. The molecule has 3 aromatic carbocycles. The summed E-state index contributed by atoms with van der Waals surface area (Å²) in [4.78, 5) is 27.8. The summed E-state index contributed by atoms with van der Waals surface area (Å²) in [6.45, 7) is 1.47. The van der Waals surface area contributed by atoms with Gasteiger partial charge in [0.25, 0.3) is 0 Å². The lowest BCUT2D eigenvalue weighted by atomic mass is 9.80. The number of anilines is 1. The fraction of sp³-hybridized carbons (Fsp3) is 0.233. The predicted octanol–water partition coefficient (Wildman–Crippen LogP) is 3.83. The molecule has 196 valence electrons. The molecule has 0 radical (unpaired) electrons. The number of aromatic nitrogens is 2. The van der Waals surface area contributed by atoms with Crippen LogP contribution in [0.4, 0.5) is 5.82 Å². The second-order valence-corrected chi connectivity index (χ2v) is 8.93. The van der Waals surface area contributed by atoms with Gasteiger partial charge in [-0.05, 0) is 34.9 Å². The van der Waals surface area contributed by atoms with Crippen LogP contribution in [-0.2, 0) is 21.7 Å². The molecule has 0 saturated carbocycles. The molecule has 1 atom stereocenters. The lowest BCUT2D eigenvalue weighted by molar-refractivity contribution is -0.114. The molecule has 38 heavy (non-hydrogen) atoms. The molecule has 4 rings (SSSR count). The van der Waals surface area contributed by atoms with Crippen molar-refractivity contribution in [3.05, 3.63) is 124 Å². The van der Waals surface area contributed by atoms with Crippen LogP contribution < -0.4 is 15.7 Å². The van der Waals surface area contributed by atoms with E-state index in [1.54, 1.807) is 19.4 Å². The van der Waals surface area contributed by atoms with Crippen LogP contribution in [0.1, 0.15) is 23.6 Å². The highest BCUT2D eigenvalue weighted by Crippen LogP contribution is 2.41. The van der Waals surface area contributed by atoms with E-state index in [1.807, 2.05) is 84.9 Å². The molecule has 2 N–H and O–H groups in total. The minimum Gasteiger partial charge on any atom is -0.497 e. The van der Waals surface area contributed by atoms with Crippen LogP contribution in [0.2, 0.25) is 0 Å². The Bertz CT molecular complexity index is 1350. The molecule has 0 aliphatic heterocycles. The molecule has 0 fully saturated rings. The molecule has 1 heterocycles. The topological polar surface area (TPSA) is 103 Å². The number of hydrogen-bond donors (Lipinski definition) is 2. The minimum atomic E-state index is -0.985. The Labute approximate surface area is 221 Å². The van der Waals surface area contributed by atoms with E-state index in [1.165, 1.54) is 11.5 Å². The van der Waals surface area contributed by atoms with Gasteiger partial charge >= 0.3 is 5.69 Å². The molecular formula is C30H31N3O5. The maximum atomic E-state index is 12.6. The summed E-state index contributed by atoms with van der Waals surface area (Å²) in [5.41, 5.74) is 1.23. The molecular weight excluding hydrogens is 482 g/mol. The van der Waals surface area contributed by atoms with Gasteiger partial charge in [0.15, 0.2) is 0 Å². The number of carbonyl (C=O) groups excluding carboxylic acids is 1. The largest absolute Gasteiger partial charge is 0.497 e. The third kappa shape index (κ3) is 5.99. The normalized spacial score (nSPS) is 12.1. The van der Waals surface area contributed by atoms with Crippen molar-refractivity contribution in [3.8, 4) is 5.75 Å². The Morgan fingerprint density at radius 1 is 0.947 bits per heavy atom. The van der Waals surface area contributed by atoms with E-state index in [0.717, 1.165) is 22.4 Å². The third-order valence-electron chi connectivity index (χ3n) is 6.28. The van der Waals surface area contributed by atoms with E-state index in [9.17, 15) is 14.7 Å². The standard InChI is InChI=1S/C30H31N3O5/c1-22(35)31-28-17-18-33(29(36)32-28)19-23(20-34)21-38-30(24-9-5-3-6-10-24,25-11-7-4-8-12-25)26-13-15-27(37-2)16-14-26/h3-18,23,34H,19-21H2,1-2H3,(H,31,32,35,36). The van der Waals surface area contributed by atoms with Gasteiger partial charge in [0.1, 0.15) is 17.2 Å². The van der Waals surface area contributed by atoms with Gasteiger partial charge in [0, 0.05) is 32.2 Å². The van der Waals surface area contributed by atoms with Crippen molar-refractivity contribution in [2.75, 3.05) is 25.6 Å². The van der Waals surface area contributed by atoms with E-state index < -0.39 is 17.2 Å². The van der Waals surface area contributed by atoms with E-state index in [-0.39, 0.29) is 31.5 Å². The Kier molecular flexibility index (Phi) is 8.68. The third-order valence-corrected chi connectivity index (χ3v) is 6.28. The number of rotatable bonds is 11. The zero-order valence-electron chi connectivity index (χ0n) is 21.4. The molecule has 4 aromatic rings. The highest BCUT2D eigenvalue weighted by molar-refractivity contribution is 5.87. The number of nitrogens with one attached hydrogen (secondary N) is 1. The number of hydrogen-bond acceptors (Lipinski definition) is 6. The van der Waals surface area contributed by atoms with Crippen LogP contribution in [0.25, 0.3) is 0 Å². The highest BCUT2D eigenvalue weighted by atomic mass is 16.5. The second-order valence-electron chi connectivity index (χ2n) is 8.93. The van der Waals surface area contributed by atoms with Crippen molar-refractivity contribution in [1.29, 1.82) is 0 Å². The second kappa shape index (κ2) is 12.3. The van der Waals surface area contributed by atoms with Crippen molar-refractivity contribution in [2.24, 2.45) is 5.92 Å². The lowest BCUT2D eigenvalue weighted by Crippen LogP contribution is -2.37. The van der Waals surface area contributed by atoms with Crippen molar-refractivity contribution >= 4 is 11.7 Å². The number of amides is 1. The summed E-state index contributed by atoms with van der Waals surface area (Å²) in [5, 5.41) is 12.7. The Morgan fingerprint density at radius 2 is 1.53 bits per heavy atom. The molecule has 0 aliphatic rings. The monoisotopic (exact) mass is 513 g/mol. The van der Waals surface area contributed by atoms with E-state index >= 15 is 0 Å². The summed E-state index contributed by atoms with van der Waals surface area (Å²) in [5.74, 6) is 0.188. The zero-order chi connectivity index (χ0) is 27.0. The molecule has 0 saturated heterocycles. The van der Waals surface area contributed by atoms with Crippen molar-refractivity contribution in [2.45, 2.75) is 19.1 Å². The predicted molar refractivity (Wildman–Crippen MR) is 145 cm³/mol. The van der Waals surface area contributed by atoms with Gasteiger partial charge in [-0.3, -0.25) is 9.36 Å². The molecule has 1 unspecified atom stereocenters. The summed E-state index contributed by atoms with van der Waals surface area (Å²) in [6.07, 6.45) is 1.55. The van der Waals surface area contributed by atoms with Crippen LogP contribution in [0.5, 0.6) is 5.75 Å². The quantitative estimate of drug-likeness (QED) is 0.296. The van der Waals surface area contributed by atoms with Gasteiger partial charge in [-0.2, -0.15) is 4.98 Å². The van der Waals surface area contributed by atoms with Crippen molar-refractivity contribution < 1.29 is 19.4 Å². The first-order valence-electron chi connectivity index (χ1n) is 12.3. The average Bonchev–Trinajstić information content (AvgIpc) is 2.95. The minimum absolute atomic E-state index is 0.145. The van der Waals surface area contributed by atoms with E-state index in [0.29, 0.717) is 0 Å². The van der Waals surface area contributed by atoms with E-state index in [4.69, 9.17) is 9.47 Å². The Balaban J connectivity index is 1.70. The first-order chi connectivity index (χ1) is 18.5. The summed E-state index contributed by atoms with van der Waals surface area (Å²) in [7, 11) is 1.62. The first kappa shape index (κ1) is 26.8. The first-order valence-corrected chi connectivity index (χ1v) is 12.3. The van der Waals surface area contributed by atoms with Gasteiger partial charge < -0.3 is 19.9 Å². The molecule has 1 aromatic heterocycles. The summed E-state index contributed by atoms with van der Waals surface area (Å²) in [6, 6.07) is 29.1. The number of benzene rings is 3. The Morgan fingerprint density at radius 3 is 2.03 bits per heavy atom. The number of methoxy groups -OCH3 is 1. The van der Waals surface area contributed by atoms with Crippen LogP contribution >= 0.6 is 0 Å². The lowest BCUT2D eigenvalue weighted by Gasteiger charge is -2.37. The van der Waals surface area contributed by atoms with Crippen LogP contribution in [0, 0.1) is 5.92 Å². The molecule has 0 bridgehead atoms. The van der Waals surface area contributed by atoms with E-state index in [2.05, 4.69) is 10.3 Å². The highest BCUT2D eigenvalue weighted by Gasteiger charge is 2.38. The molecule has 1 amide bonds. The van der Waals surface area contributed by atoms with Crippen molar-refractivity contribution in [1.82, 2.24) is 9.55 Å². The maximum Gasteiger partial charge on any atom is 0.349 e. The van der Waals surface area contributed by atoms with Gasteiger partial charge in [0.2, 0.25) is 5.91 Å². The van der Waals surface area contributed by atoms with Crippen LogP contribution in [-0.4, -0.2) is 40.9 Å². The van der Waals surface area contributed by atoms with Gasteiger partial charge in [0.05, 0.1) is 13.7 Å². The maximum absolute atomic E-state index is 12.6. The molecule has 8 heteroatoms. The summed E-state index contributed by atoms with van der Waals surface area (Å²) < 4.78 is 13.6. The fourth-order valence-electron chi connectivity index (χ4n) is 4.42. The zero-order valence-corrected chi connectivity index (χ0v) is 21.4. The number of ether oxygens (including phenoxy) is 2. The molecule has 8 nitrogen and oxygen atoms in total. The van der Waals surface area contributed by atoms with Crippen LogP contribution in [0.15, 0.2) is 102 Å². The Hall–Kier alpha value is -4.27. The number of aliphatic hydroxyl groups excluding tert-OH is 1. The van der Waals surface area contributed by atoms with Crippen LogP contribution in [0.3, 0.4) is 0 Å². The fourth-order valence-corrected chi connectivity index (χ4v) is 4.42. The van der Waals surface area contributed by atoms with Gasteiger partial charge in [-0.1, -0.05) is 72.8 Å². The number of carbonyl (C=O) groups is 1. The summed E-state index contributed by atoms with van der Waals surface area (Å²) >= 11 is 0. The van der Waals surface area contributed by atoms with Gasteiger partial charge in [-0.25, -0.2) is 4.79 Å². The molecule has 0 spiro atoms. The SMILES string of the molecule is COc1ccc(C(OCC(CO)Cn2ccc(NC(C)=O)nc2=O)(c2ccccc2)c2ccccc2)cc1.